The summed E-state index contributed by atoms with van der Waals surface area (Å²) in [6.45, 7) is 2.99. The minimum Gasteiger partial charge on any atom is -0.340 e. The molecular formula is C19H19N5O3. The van der Waals surface area contributed by atoms with Gasteiger partial charge in [-0.3, -0.25) is 19.9 Å². The van der Waals surface area contributed by atoms with Gasteiger partial charge in [0.25, 0.3) is 11.2 Å². The lowest BCUT2D eigenvalue weighted by atomic mass is 10.0. The quantitative estimate of drug-likeness (QED) is 0.564. The first-order valence-corrected chi connectivity index (χ1v) is 8.95. The summed E-state index contributed by atoms with van der Waals surface area (Å²) < 4.78 is 0. The standard InChI is InChI=1S/C19H19N5O3/c1-12-4-2-3-11-23(12)19-21-17-16(18(25)22-19)15(9-10-20-17)13-5-7-14(8-6-13)24(26)27/h5-10,12H,2-4,11H2,1H3,(H,20,21,22,25). The van der Waals surface area contributed by atoms with Crippen LogP contribution in [0.25, 0.3) is 22.2 Å². The van der Waals surface area contributed by atoms with Crippen LogP contribution in [0, 0.1) is 10.1 Å². The Labute approximate surface area is 155 Å². The first-order valence-electron chi connectivity index (χ1n) is 8.95. The molecular weight excluding hydrogens is 346 g/mol. The second kappa shape index (κ2) is 6.79. The highest BCUT2D eigenvalue weighted by Gasteiger charge is 2.22. The molecule has 1 fully saturated rings. The Morgan fingerprint density at radius 3 is 2.70 bits per heavy atom. The number of nitro groups is 1. The van der Waals surface area contributed by atoms with Crippen LogP contribution in [-0.4, -0.2) is 32.5 Å². The van der Waals surface area contributed by atoms with Gasteiger partial charge in [-0.2, -0.15) is 4.98 Å². The summed E-state index contributed by atoms with van der Waals surface area (Å²) in [5.74, 6) is 0.549. The molecule has 8 heteroatoms. The molecule has 0 spiro atoms. The van der Waals surface area contributed by atoms with Crippen LogP contribution in [0.15, 0.2) is 41.3 Å². The van der Waals surface area contributed by atoms with Gasteiger partial charge in [-0.1, -0.05) is 0 Å². The van der Waals surface area contributed by atoms with Crippen molar-refractivity contribution in [3.63, 3.8) is 0 Å². The minimum atomic E-state index is -0.450. The van der Waals surface area contributed by atoms with Gasteiger partial charge in [0.05, 0.1) is 10.3 Å². The molecule has 1 aromatic carbocycles. The van der Waals surface area contributed by atoms with Crippen LogP contribution in [0.1, 0.15) is 26.2 Å². The lowest BCUT2D eigenvalue weighted by Crippen LogP contribution is -2.39. The summed E-state index contributed by atoms with van der Waals surface area (Å²) in [5.41, 5.74) is 1.49. The molecule has 1 saturated heterocycles. The predicted octanol–water partition coefficient (Wildman–Crippen LogP) is 3.27. The zero-order valence-corrected chi connectivity index (χ0v) is 14.9. The average Bonchev–Trinajstić information content (AvgIpc) is 2.68. The lowest BCUT2D eigenvalue weighted by Gasteiger charge is -2.33. The molecule has 8 nitrogen and oxygen atoms in total. The van der Waals surface area contributed by atoms with E-state index in [-0.39, 0.29) is 11.2 Å². The number of piperidine rings is 1. The van der Waals surface area contributed by atoms with Gasteiger partial charge in [0, 0.05) is 30.9 Å². The van der Waals surface area contributed by atoms with Crippen molar-refractivity contribution in [3.05, 3.63) is 57.0 Å². The van der Waals surface area contributed by atoms with Crippen LogP contribution in [0.3, 0.4) is 0 Å². The van der Waals surface area contributed by atoms with Crippen LogP contribution in [0.4, 0.5) is 11.6 Å². The maximum atomic E-state index is 12.8. The van der Waals surface area contributed by atoms with Gasteiger partial charge in [-0.25, -0.2) is 4.98 Å². The van der Waals surface area contributed by atoms with E-state index in [0.717, 1.165) is 19.4 Å². The topological polar surface area (TPSA) is 105 Å². The van der Waals surface area contributed by atoms with Crippen molar-refractivity contribution in [1.82, 2.24) is 15.0 Å². The lowest BCUT2D eigenvalue weighted by molar-refractivity contribution is -0.384. The Kier molecular flexibility index (Phi) is 4.31. The molecule has 0 radical (unpaired) electrons. The molecule has 1 aliphatic heterocycles. The van der Waals surface area contributed by atoms with Crippen LogP contribution in [0.5, 0.6) is 0 Å². The summed E-state index contributed by atoms with van der Waals surface area (Å²) in [6.07, 6.45) is 4.92. The van der Waals surface area contributed by atoms with E-state index < -0.39 is 4.92 Å². The number of non-ortho nitro benzene ring substituents is 1. The number of aromatic amines is 1. The van der Waals surface area contributed by atoms with Gasteiger partial charge in [-0.05, 0) is 55.5 Å². The Bertz CT molecular complexity index is 1060. The Morgan fingerprint density at radius 2 is 2.00 bits per heavy atom. The highest BCUT2D eigenvalue weighted by Crippen LogP contribution is 2.28. The number of hydrogen-bond acceptors (Lipinski definition) is 6. The number of fused-ring (bicyclic) bond motifs is 1. The fraction of sp³-hybridized carbons (Fsp3) is 0.316. The van der Waals surface area contributed by atoms with E-state index in [0.29, 0.717) is 34.2 Å². The summed E-state index contributed by atoms with van der Waals surface area (Å²) in [5, 5.41) is 11.2. The summed E-state index contributed by atoms with van der Waals surface area (Å²) >= 11 is 0. The average molecular weight is 365 g/mol. The second-order valence-electron chi connectivity index (χ2n) is 6.79. The first-order chi connectivity index (χ1) is 13.0. The van der Waals surface area contributed by atoms with Crippen molar-refractivity contribution in [1.29, 1.82) is 0 Å². The van der Waals surface area contributed by atoms with Crippen molar-refractivity contribution in [3.8, 4) is 11.1 Å². The Balaban J connectivity index is 1.82. The number of rotatable bonds is 3. The van der Waals surface area contributed by atoms with E-state index in [1.807, 2.05) is 0 Å². The number of H-pyrrole nitrogens is 1. The van der Waals surface area contributed by atoms with Crippen molar-refractivity contribution in [2.75, 3.05) is 11.4 Å². The van der Waals surface area contributed by atoms with Gasteiger partial charge < -0.3 is 4.90 Å². The third kappa shape index (κ3) is 3.14. The normalized spacial score (nSPS) is 17.2. The highest BCUT2D eigenvalue weighted by atomic mass is 16.6. The molecule has 1 unspecified atom stereocenters. The smallest absolute Gasteiger partial charge is 0.269 e. The Morgan fingerprint density at radius 1 is 1.22 bits per heavy atom. The number of benzene rings is 1. The van der Waals surface area contributed by atoms with Gasteiger partial charge in [0.1, 0.15) is 0 Å². The van der Waals surface area contributed by atoms with Gasteiger partial charge >= 0.3 is 0 Å². The zero-order valence-electron chi connectivity index (χ0n) is 14.9. The first kappa shape index (κ1) is 17.1. The molecule has 0 amide bonds. The molecule has 0 aliphatic carbocycles. The van der Waals surface area contributed by atoms with Crippen molar-refractivity contribution < 1.29 is 4.92 Å². The number of nitro benzene ring substituents is 1. The summed E-state index contributed by atoms with van der Waals surface area (Å²) in [4.78, 5) is 37.2. The molecule has 0 bridgehead atoms. The third-order valence-corrected chi connectivity index (χ3v) is 5.06. The number of pyridine rings is 1. The van der Waals surface area contributed by atoms with Crippen molar-refractivity contribution in [2.24, 2.45) is 0 Å². The molecule has 0 saturated carbocycles. The second-order valence-corrected chi connectivity index (χ2v) is 6.79. The van der Waals surface area contributed by atoms with Crippen molar-refractivity contribution >= 4 is 22.7 Å². The molecule has 27 heavy (non-hydrogen) atoms. The maximum Gasteiger partial charge on any atom is 0.269 e. The number of hydrogen-bond donors (Lipinski definition) is 1. The molecule has 138 valence electrons. The molecule has 1 aliphatic rings. The fourth-order valence-corrected chi connectivity index (χ4v) is 3.60. The molecule has 1 atom stereocenters. The zero-order chi connectivity index (χ0) is 19.0. The van der Waals surface area contributed by atoms with E-state index >= 15 is 0 Å². The Hall–Kier alpha value is -3.29. The molecule has 1 N–H and O–H groups in total. The van der Waals surface area contributed by atoms with Gasteiger partial charge in [-0.15, -0.1) is 0 Å². The molecule has 4 rings (SSSR count). The van der Waals surface area contributed by atoms with Crippen LogP contribution < -0.4 is 10.5 Å². The van der Waals surface area contributed by atoms with Crippen LogP contribution in [0.2, 0.25) is 0 Å². The summed E-state index contributed by atoms with van der Waals surface area (Å²) in [7, 11) is 0. The van der Waals surface area contributed by atoms with Gasteiger partial charge in [0.2, 0.25) is 5.95 Å². The van der Waals surface area contributed by atoms with E-state index in [9.17, 15) is 14.9 Å². The van der Waals surface area contributed by atoms with E-state index in [1.165, 1.54) is 18.6 Å². The molecule has 2 aromatic heterocycles. The van der Waals surface area contributed by atoms with Crippen molar-refractivity contribution in [2.45, 2.75) is 32.2 Å². The number of nitrogens with one attached hydrogen (secondary N) is 1. The fourth-order valence-electron chi connectivity index (χ4n) is 3.60. The number of aromatic nitrogens is 3. The summed E-state index contributed by atoms with van der Waals surface area (Å²) in [6, 6.07) is 8.15. The van der Waals surface area contributed by atoms with E-state index in [1.54, 1.807) is 24.4 Å². The highest BCUT2D eigenvalue weighted by molar-refractivity contribution is 5.92. The van der Waals surface area contributed by atoms with E-state index in [2.05, 4.69) is 26.8 Å². The maximum absolute atomic E-state index is 12.8. The van der Waals surface area contributed by atoms with Gasteiger partial charge in [0.15, 0.2) is 5.65 Å². The molecule has 3 aromatic rings. The molecule has 3 heterocycles. The number of anilines is 1. The SMILES string of the molecule is CC1CCCCN1c1nc2nccc(-c3ccc([N+](=O)[O-])cc3)c2c(=O)[nH]1. The van der Waals surface area contributed by atoms with Crippen LogP contribution in [-0.2, 0) is 0 Å². The van der Waals surface area contributed by atoms with Crippen LogP contribution >= 0.6 is 0 Å². The number of nitrogens with zero attached hydrogens (tertiary/aromatic N) is 4. The largest absolute Gasteiger partial charge is 0.340 e. The monoisotopic (exact) mass is 365 g/mol. The predicted molar refractivity (Wildman–Crippen MR) is 103 cm³/mol. The van der Waals surface area contributed by atoms with E-state index in [4.69, 9.17) is 0 Å². The third-order valence-electron chi connectivity index (χ3n) is 5.06. The minimum absolute atomic E-state index is 0.00511.